The van der Waals surface area contributed by atoms with Gasteiger partial charge in [0.05, 0.1) is 12.6 Å². The summed E-state index contributed by atoms with van der Waals surface area (Å²) in [6.45, 7) is -0.137. The van der Waals surface area contributed by atoms with E-state index in [-0.39, 0.29) is 19.0 Å². The van der Waals surface area contributed by atoms with Gasteiger partial charge in [-0.2, -0.15) is 0 Å². The van der Waals surface area contributed by atoms with Crippen molar-refractivity contribution in [2.45, 2.75) is 12.5 Å². The molecule has 0 aromatic carbocycles. The Hall–Kier alpha value is 0.0700. The lowest BCUT2D eigenvalue weighted by Crippen LogP contribution is -2.33. The highest BCUT2D eigenvalue weighted by atomic mass is 35.5. The predicted octanol–water partition coefficient (Wildman–Crippen LogP) is 0.783. The highest BCUT2D eigenvalue weighted by molar-refractivity contribution is 6.18. The average molecular weight is 188 g/mol. The number of nitrogens with zero attached hydrogens (tertiary/aromatic N) is 1. The third-order valence-electron chi connectivity index (χ3n) is 1.15. The summed E-state index contributed by atoms with van der Waals surface area (Å²) in [5.41, 5.74) is 0. The summed E-state index contributed by atoms with van der Waals surface area (Å²) in [6, 6.07) is 0. The molecule has 11 heavy (non-hydrogen) atoms. The second-order valence-electron chi connectivity index (χ2n) is 2.42. The van der Waals surface area contributed by atoms with Crippen molar-refractivity contribution >= 4 is 11.6 Å². The monoisotopic (exact) mass is 187 g/mol. The van der Waals surface area contributed by atoms with Crippen molar-refractivity contribution in [3.8, 4) is 0 Å². The predicted molar refractivity (Wildman–Crippen MR) is 40.2 cm³/mol. The van der Waals surface area contributed by atoms with Crippen LogP contribution in [0.3, 0.4) is 0 Å². The molecule has 0 saturated carbocycles. The van der Waals surface area contributed by atoms with Crippen molar-refractivity contribution in [1.29, 1.82) is 0 Å². The number of halogens is 3. The van der Waals surface area contributed by atoms with E-state index in [9.17, 15) is 8.78 Å². The summed E-state index contributed by atoms with van der Waals surface area (Å²) in [5, 5.41) is 8.92. The van der Waals surface area contributed by atoms with Crippen LogP contribution in [-0.2, 0) is 0 Å². The van der Waals surface area contributed by atoms with E-state index in [1.54, 1.807) is 0 Å². The number of aliphatic hydroxyl groups excluding tert-OH is 1. The molecule has 1 atom stereocenters. The summed E-state index contributed by atoms with van der Waals surface area (Å²) in [5.74, 6) is 0.0770. The number of hydrogen-bond acceptors (Lipinski definition) is 2. The Morgan fingerprint density at radius 3 is 2.36 bits per heavy atom. The molecule has 0 aliphatic carbocycles. The van der Waals surface area contributed by atoms with Gasteiger partial charge in [-0.25, -0.2) is 8.78 Å². The molecular formula is C6H12ClF2NO. The molecule has 2 nitrogen and oxygen atoms in total. The first-order valence-corrected chi connectivity index (χ1v) is 3.80. The first-order valence-electron chi connectivity index (χ1n) is 3.27. The summed E-state index contributed by atoms with van der Waals surface area (Å²) < 4.78 is 23.4. The maximum atomic E-state index is 11.7. The van der Waals surface area contributed by atoms with Crippen LogP contribution in [0.25, 0.3) is 0 Å². The topological polar surface area (TPSA) is 23.5 Å². The minimum atomic E-state index is -2.36. The van der Waals surface area contributed by atoms with Crippen LogP contribution in [0.5, 0.6) is 0 Å². The second kappa shape index (κ2) is 5.69. The molecule has 68 valence electrons. The third-order valence-corrected chi connectivity index (χ3v) is 1.51. The van der Waals surface area contributed by atoms with E-state index in [1.165, 1.54) is 11.9 Å². The van der Waals surface area contributed by atoms with Crippen molar-refractivity contribution in [2.24, 2.45) is 0 Å². The summed E-state index contributed by atoms with van der Waals surface area (Å²) in [6.07, 6.45) is -3.08. The highest BCUT2D eigenvalue weighted by Crippen LogP contribution is 1.97. The molecule has 0 saturated heterocycles. The zero-order chi connectivity index (χ0) is 8.85. The molecule has 0 aliphatic rings. The molecule has 0 aliphatic heterocycles. The van der Waals surface area contributed by atoms with Gasteiger partial charge in [-0.1, -0.05) is 0 Å². The van der Waals surface area contributed by atoms with Crippen LogP contribution in [0.15, 0.2) is 0 Å². The minimum absolute atomic E-state index is 0.0770. The molecule has 0 aromatic heterocycles. The van der Waals surface area contributed by atoms with Crippen LogP contribution in [0.1, 0.15) is 0 Å². The zero-order valence-corrected chi connectivity index (χ0v) is 7.06. The van der Waals surface area contributed by atoms with Gasteiger partial charge in [0, 0.05) is 12.4 Å². The lowest BCUT2D eigenvalue weighted by atomic mass is 10.4. The Labute approximate surface area is 69.8 Å². The van der Waals surface area contributed by atoms with E-state index in [0.717, 1.165) is 0 Å². The lowest BCUT2D eigenvalue weighted by molar-refractivity contribution is 0.0746. The van der Waals surface area contributed by atoms with Crippen molar-refractivity contribution in [2.75, 3.05) is 26.0 Å². The fourth-order valence-corrected chi connectivity index (χ4v) is 0.816. The maximum absolute atomic E-state index is 11.7. The van der Waals surface area contributed by atoms with E-state index in [2.05, 4.69) is 0 Å². The summed E-state index contributed by atoms with van der Waals surface area (Å²) in [7, 11) is 1.52. The molecule has 0 rings (SSSR count). The van der Waals surface area contributed by atoms with E-state index in [0.29, 0.717) is 0 Å². The van der Waals surface area contributed by atoms with Gasteiger partial charge in [0.2, 0.25) is 0 Å². The van der Waals surface area contributed by atoms with Crippen LogP contribution < -0.4 is 0 Å². The zero-order valence-electron chi connectivity index (χ0n) is 6.30. The third kappa shape index (κ3) is 6.47. The molecule has 0 radical (unpaired) electrons. The molecule has 0 fully saturated rings. The maximum Gasteiger partial charge on any atom is 0.251 e. The van der Waals surface area contributed by atoms with Crippen molar-refractivity contribution in [1.82, 2.24) is 4.90 Å². The number of alkyl halides is 3. The largest absolute Gasteiger partial charge is 0.391 e. The van der Waals surface area contributed by atoms with E-state index in [1.807, 2.05) is 0 Å². The molecule has 5 heteroatoms. The summed E-state index contributed by atoms with van der Waals surface area (Å²) >= 11 is 5.27. The lowest BCUT2D eigenvalue weighted by Gasteiger charge is -2.18. The molecule has 0 bridgehead atoms. The SMILES string of the molecule is CN(CC(F)F)CC(O)CCl. The van der Waals surface area contributed by atoms with Gasteiger partial charge < -0.3 is 5.11 Å². The van der Waals surface area contributed by atoms with Crippen LogP contribution in [-0.4, -0.2) is 48.6 Å². The van der Waals surface area contributed by atoms with Gasteiger partial charge in [-0.05, 0) is 7.05 Å². The Bertz CT molecular complexity index is 105. The Balaban J connectivity index is 3.43. The van der Waals surface area contributed by atoms with Gasteiger partial charge in [-0.3, -0.25) is 4.90 Å². The Kier molecular flexibility index (Phi) is 5.72. The average Bonchev–Trinajstić information content (AvgIpc) is 1.85. The standard InChI is InChI=1S/C6H12ClF2NO/c1-10(4-6(8)9)3-5(11)2-7/h5-6,11H,2-4H2,1H3. The van der Waals surface area contributed by atoms with Gasteiger partial charge in [0.25, 0.3) is 6.43 Å². The minimum Gasteiger partial charge on any atom is -0.391 e. The number of hydrogen-bond donors (Lipinski definition) is 1. The van der Waals surface area contributed by atoms with Crippen molar-refractivity contribution < 1.29 is 13.9 Å². The highest BCUT2D eigenvalue weighted by Gasteiger charge is 2.10. The Morgan fingerprint density at radius 1 is 1.45 bits per heavy atom. The van der Waals surface area contributed by atoms with Gasteiger partial charge >= 0.3 is 0 Å². The molecular weight excluding hydrogens is 176 g/mol. The Morgan fingerprint density at radius 2 is 2.00 bits per heavy atom. The smallest absolute Gasteiger partial charge is 0.251 e. The fraction of sp³-hybridized carbons (Fsp3) is 1.00. The number of likely N-dealkylation sites (N-methyl/N-ethyl adjacent to an activating group) is 1. The molecule has 1 unspecified atom stereocenters. The van der Waals surface area contributed by atoms with Gasteiger partial charge in [0.1, 0.15) is 0 Å². The molecule has 0 amide bonds. The van der Waals surface area contributed by atoms with Crippen LogP contribution in [0, 0.1) is 0 Å². The van der Waals surface area contributed by atoms with Crippen LogP contribution in [0.2, 0.25) is 0 Å². The fourth-order valence-electron chi connectivity index (χ4n) is 0.719. The quantitative estimate of drug-likeness (QED) is 0.644. The van der Waals surface area contributed by atoms with Crippen molar-refractivity contribution in [3.05, 3.63) is 0 Å². The van der Waals surface area contributed by atoms with Crippen LogP contribution >= 0.6 is 11.6 Å². The molecule has 1 N–H and O–H groups in total. The normalized spacial score (nSPS) is 14.5. The number of aliphatic hydroxyl groups is 1. The van der Waals surface area contributed by atoms with E-state index >= 15 is 0 Å². The summed E-state index contributed by atoms with van der Waals surface area (Å²) in [4.78, 5) is 1.34. The number of rotatable bonds is 5. The van der Waals surface area contributed by atoms with Crippen LogP contribution in [0.4, 0.5) is 8.78 Å². The first-order chi connectivity index (χ1) is 5.06. The second-order valence-corrected chi connectivity index (χ2v) is 2.73. The van der Waals surface area contributed by atoms with Crippen molar-refractivity contribution in [3.63, 3.8) is 0 Å². The molecule has 0 heterocycles. The van der Waals surface area contributed by atoms with Gasteiger partial charge in [0.15, 0.2) is 0 Å². The first kappa shape index (κ1) is 11.1. The molecule has 0 aromatic rings. The molecule has 0 spiro atoms. The van der Waals surface area contributed by atoms with Gasteiger partial charge in [-0.15, -0.1) is 11.6 Å². The van der Waals surface area contributed by atoms with E-state index < -0.39 is 12.5 Å². The van der Waals surface area contributed by atoms with E-state index in [4.69, 9.17) is 16.7 Å².